The standard InChI is InChI=1S/C22H19N3O3S/c1-29-21-18(13-8-14-23-21)22(27)28-15-19(26)24-25-20(16-9-4-2-5-10-16)17-11-6-3-7-12-17/h2-14H,15H2,1H3,(H,24,26). The number of hydrazone groups is 1. The van der Waals surface area contributed by atoms with Crippen LogP contribution in [0.5, 0.6) is 0 Å². The zero-order valence-corrected chi connectivity index (χ0v) is 16.6. The second-order valence-electron chi connectivity index (χ2n) is 5.86. The topological polar surface area (TPSA) is 80.6 Å². The van der Waals surface area contributed by atoms with Crippen molar-refractivity contribution >= 4 is 29.4 Å². The summed E-state index contributed by atoms with van der Waals surface area (Å²) >= 11 is 1.33. The van der Waals surface area contributed by atoms with E-state index in [1.54, 1.807) is 18.3 Å². The summed E-state index contributed by atoms with van der Waals surface area (Å²) < 4.78 is 5.10. The molecule has 1 heterocycles. The molecule has 29 heavy (non-hydrogen) atoms. The Hall–Kier alpha value is -3.45. The fraction of sp³-hybridized carbons (Fsp3) is 0.0909. The zero-order chi connectivity index (χ0) is 20.5. The summed E-state index contributed by atoms with van der Waals surface area (Å²) in [7, 11) is 0. The quantitative estimate of drug-likeness (QED) is 0.281. The first-order valence-corrected chi connectivity index (χ1v) is 10.0. The van der Waals surface area contributed by atoms with Crippen molar-refractivity contribution in [3.8, 4) is 0 Å². The van der Waals surface area contributed by atoms with E-state index in [0.29, 0.717) is 16.3 Å². The Kier molecular flexibility index (Phi) is 7.13. The van der Waals surface area contributed by atoms with Gasteiger partial charge in [-0.05, 0) is 18.4 Å². The van der Waals surface area contributed by atoms with Gasteiger partial charge in [-0.25, -0.2) is 15.2 Å². The minimum atomic E-state index is -0.604. The lowest BCUT2D eigenvalue weighted by atomic mass is 10.0. The lowest BCUT2D eigenvalue weighted by molar-refractivity contribution is -0.124. The molecule has 0 aliphatic rings. The molecule has 0 unspecified atom stereocenters. The Morgan fingerprint density at radius 1 is 0.966 bits per heavy atom. The molecule has 1 aromatic heterocycles. The third kappa shape index (κ3) is 5.52. The van der Waals surface area contributed by atoms with Gasteiger partial charge in [-0.15, -0.1) is 11.8 Å². The van der Waals surface area contributed by atoms with E-state index in [0.717, 1.165) is 11.1 Å². The van der Waals surface area contributed by atoms with Crippen molar-refractivity contribution in [1.82, 2.24) is 10.4 Å². The maximum absolute atomic E-state index is 12.2. The number of ether oxygens (including phenoxy) is 1. The normalized spacial score (nSPS) is 10.1. The summed E-state index contributed by atoms with van der Waals surface area (Å²) in [6.45, 7) is -0.443. The highest BCUT2D eigenvalue weighted by Crippen LogP contribution is 2.17. The zero-order valence-electron chi connectivity index (χ0n) is 15.7. The van der Waals surface area contributed by atoms with Crippen molar-refractivity contribution in [1.29, 1.82) is 0 Å². The highest BCUT2D eigenvalue weighted by atomic mass is 32.2. The second kappa shape index (κ2) is 10.2. The Bertz CT molecular complexity index is 967. The Morgan fingerprint density at radius 2 is 1.59 bits per heavy atom. The van der Waals surface area contributed by atoms with Gasteiger partial charge in [0, 0.05) is 17.3 Å². The summed E-state index contributed by atoms with van der Waals surface area (Å²) in [5.74, 6) is -1.13. The average Bonchev–Trinajstić information content (AvgIpc) is 2.79. The molecule has 146 valence electrons. The summed E-state index contributed by atoms with van der Waals surface area (Å²) in [4.78, 5) is 28.5. The molecule has 1 N–H and O–H groups in total. The molecule has 0 aliphatic heterocycles. The summed E-state index contributed by atoms with van der Waals surface area (Å²) in [5, 5.41) is 4.81. The van der Waals surface area contributed by atoms with E-state index in [4.69, 9.17) is 4.74 Å². The Morgan fingerprint density at radius 3 is 2.17 bits per heavy atom. The van der Waals surface area contributed by atoms with Crippen molar-refractivity contribution in [3.63, 3.8) is 0 Å². The number of rotatable bonds is 7. The second-order valence-corrected chi connectivity index (χ2v) is 6.66. The number of nitrogens with zero attached hydrogens (tertiary/aromatic N) is 2. The van der Waals surface area contributed by atoms with Crippen LogP contribution in [0.25, 0.3) is 0 Å². The molecule has 7 heteroatoms. The van der Waals surface area contributed by atoms with E-state index in [9.17, 15) is 9.59 Å². The molecular weight excluding hydrogens is 386 g/mol. The minimum Gasteiger partial charge on any atom is -0.452 e. The Balaban J connectivity index is 1.68. The highest BCUT2D eigenvalue weighted by Gasteiger charge is 2.15. The third-order valence-electron chi connectivity index (χ3n) is 3.91. The van der Waals surface area contributed by atoms with Crippen LogP contribution < -0.4 is 5.43 Å². The van der Waals surface area contributed by atoms with E-state index in [2.05, 4.69) is 15.5 Å². The Labute approximate surface area is 173 Å². The number of thioether (sulfide) groups is 1. The molecule has 6 nitrogen and oxygen atoms in total. The van der Waals surface area contributed by atoms with Gasteiger partial charge in [-0.2, -0.15) is 5.10 Å². The number of pyridine rings is 1. The first kappa shape index (κ1) is 20.3. The smallest absolute Gasteiger partial charge is 0.341 e. The predicted molar refractivity (Wildman–Crippen MR) is 113 cm³/mol. The molecule has 0 fully saturated rings. The van der Waals surface area contributed by atoms with Crippen LogP contribution in [-0.2, 0) is 9.53 Å². The monoisotopic (exact) mass is 405 g/mol. The van der Waals surface area contributed by atoms with Crippen LogP contribution in [0.4, 0.5) is 0 Å². The van der Waals surface area contributed by atoms with Crippen LogP contribution in [0, 0.1) is 0 Å². The molecule has 0 atom stereocenters. The van der Waals surface area contributed by atoms with Gasteiger partial charge in [0.05, 0.1) is 11.3 Å². The van der Waals surface area contributed by atoms with Crippen LogP contribution in [0.2, 0.25) is 0 Å². The lowest BCUT2D eigenvalue weighted by Gasteiger charge is -2.09. The average molecular weight is 405 g/mol. The van der Waals surface area contributed by atoms with E-state index >= 15 is 0 Å². The largest absolute Gasteiger partial charge is 0.452 e. The van der Waals surface area contributed by atoms with Crippen LogP contribution in [-0.4, -0.2) is 35.4 Å². The summed E-state index contributed by atoms with van der Waals surface area (Å²) in [6, 6.07) is 22.3. The number of benzene rings is 2. The van der Waals surface area contributed by atoms with Gasteiger partial charge in [-0.3, -0.25) is 4.79 Å². The number of hydrogen-bond donors (Lipinski definition) is 1. The van der Waals surface area contributed by atoms with Gasteiger partial charge >= 0.3 is 5.97 Å². The number of esters is 1. The van der Waals surface area contributed by atoms with Gasteiger partial charge in [0.2, 0.25) is 0 Å². The highest BCUT2D eigenvalue weighted by molar-refractivity contribution is 7.98. The van der Waals surface area contributed by atoms with Crippen molar-refractivity contribution in [2.45, 2.75) is 5.03 Å². The minimum absolute atomic E-state index is 0.325. The van der Waals surface area contributed by atoms with Crippen molar-refractivity contribution in [3.05, 3.63) is 95.7 Å². The SMILES string of the molecule is CSc1ncccc1C(=O)OCC(=O)NN=C(c1ccccc1)c1ccccc1. The lowest BCUT2D eigenvalue weighted by Crippen LogP contribution is -2.26. The van der Waals surface area contributed by atoms with E-state index in [1.807, 2.05) is 66.9 Å². The van der Waals surface area contributed by atoms with Gasteiger partial charge in [0.15, 0.2) is 6.61 Å². The molecule has 3 aromatic rings. The van der Waals surface area contributed by atoms with E-state index in [-0.39, 0.29) is 0 Å². The molecule has 0 radical (unpaired) electrons. The number of carbonyl (C=O) groups is 2. The number of hydrogen-bond acceptors (Lipinski definition) is 6. The van der Waals surface area contributed by atoms with Crippen LogP contribution in [0.15, 0.2) is 89.1 Å². The first-order valence-electron chi connectivity index (χ1n) is 8.82. The van der Waals surface area contributed by atoms with Gasteiger partial charge in [0.25, 0.3) is 5.91 Å². The fourth-order valence-corrected chi connectivity index (χ4v) is 3.09. The summed E-state index contributed by atoms with van der Waals surface area (Å²) in [6.07, 6.45) is 3.41. The molecule has 0 saturated carbocycles. The number of nitrogens with one attached hydrogen (secondary N) is 1. The van der Waals surface area contributed by atoms with E-state index in [1.165, 1.54) is 11.8 Å². The predicted octanol–water partition coefficient (Wildman–Crippen LogP) is 3.53. The van der Waals surface area contributed by atoms with E-state index < -0.39 is 18.5 Å². The molecule has 0 saturated heterocycles. The molecule has 0 bridgehead atoms. The van der Waals surface area contributed by atoms with Gasteiger partial charge in [-0.1, -0.05) is 60.7 Å². The fourth-order valence-electron chi connectivity index (χ4n) is 2.56. The van der Waals surface area contributed by atoms with Gasteiger partial charge < -0.3 is 4.74 Å². The van der Waals surface area contributed by atoms with Crippen LogP contribution in [0.1, 0.15) is 21.5 Å². The molecule has 1 amide bonds. The van der Waals surface area contributed by atoms with Crippen molar-refractivity contribution < 1.29 is 14.3 Å². The van der Waals surface area contributed by atoms with Gasteiger partial charge in [0.1, 0.15) is 5.03 Å². The van der Waals surface area contributed by atoms with Crippen molar-refractivity contribution in [2.75, 3.05) is 12.9 Å². The summed E-state index contributed by atoms with van der Waals surface area (Å²) in [5.41, 5.74) is 5.12. The number of amides is 1. The maximum Gasteiger partial charge on any atom is 0.341 e. The molecule has 0 spiro atoms. The number of carbonyl (C=O) groups excluding carboxylic acids is 2. The van der Waals surface area contributed by atoms with Crippen molar-refractivity contribution in [2.24, 2.45) is 5.10 Å². The maximum atomic E-state index is 12.2. The molecule has 3 rings (SSSR count). The molecule has 2 aromatic carbocycles. The third-order valence-corrected chi connectivity index (χ3v) is 4.62. The molecule has 0 aliphatic carbocycles. The first-order chi connectivity index (χ1) is 14.2. The van der Waals surface area contributed by atoms with Crippen LogP contribution in [0.3, 0.4) is 0 Å². The number of aromatic nitrogens is 1. The van der Waals surface area contributed by atoms with Crippen LogP contribution >= 0.6 is 11.8 Å². The molecular formula is C22H19N3O3S.